The molecule has 8 heteroatoms. The normalized spacial score (nSPS) is 18.9. The van der Waals surface area contributed by atoms with E-state index in [0.717, 1.165) is 71.4 Å². The smallest absolute Gasteiger partial charge is 0.232 e. The van der Waals surface area contributed by atoms with Gasteiger partial charge in [0.25, 0.3) is 0 Å². The minimum atomic E-state index is -0.353. The monoisotopic (exact) mass is 522 g/mol. The molecule has 0 aliphatic carbocycles. The standard InChI is InChI=1S/C31H34N6O2/c1-20-11-12-22-23(8-4-10-26(22)37-18-14-31(2,3)29(37)38)27(20)39-28-24(9-6-16-33-28)25-13-17-34-30(36-25)35-21-7-5-15-32-19-21/h4,6,8-13,16-17,21,32H,5,7,14-15,18-19H2,1-3H3,(H,34,35,36)/t21-/m0/s1. The molecule has 39 heavy (non-hydrogen) atoms. The Morgan fingerprint density at radius 1 is 1.05 bits per heavy atom. The quantitative estimate of drug-likeness (QED) is 0.335. The number of aromatic nitrogens is 3. The molecule has 2 aliphatic rings. The fourth-order valence-corrected chi connectivity index (χ4v) is 5.49. The first-order chi connectivity index (χ1) is 18.9. The number of hydrogen-bond donors (Lipinski definition) is 2. The molecule has 2 aromatic heterocycles. The molecule has 2 aliphatic heterocycles. The molecule has 1 amide bonds. The number of anilines is 2. The number of rotatable bonds is 6. The van der Waals surface area contributed by atoms with Crippen molar-refractivity contribution in [2.75, 3.05) is 29.9 Å². The summed E-state index contributed by atoms with van der Waals surface area (Å²) in [7, 11) is 0. The third kappa shape index (κ3) is 4.92. The molecule has 6 rings (SSSR count). The molecule has 0 radical (unpaired) electrons. The van der Waals surface area contributed by atoms with Gasteiger partial charge in [-0.05, 0) is 62.6 Å². The van der Waals surface area contributed by atoms with Crippen LogP contribution in [-0.2, 0) is 4.79 Å². The lowest BCUT2D eigenvalue weighted by atomic mass is 9.92. The van der Waals surface area contributed by atoms with Crippen LogP contribution in [0.15, 0.2) is 60.9 Å². The summed E-state index contributed by atoms with van der Waals surface area (Å²) in [5.41, 5.74) is 3.07. The van der Waals surface area contributed by atoms with E-state index in [9.17, 15) is 4.79 Å². The first-order valence-corrected chi connectivity index (χ1v) is 13.7. The fraction of sp³-hybridized carbons (Fsp3) is 0.355. The summed E-state index contributed by atoms with van der Waals surface area (Å²) < 4.78 is 6.58. The van der Waals surface area contributed by atoms with Crippen molar-refractivity contribution >= 4 is 28.3 Å². The van der Waals surface area contributed by atoms with Crippen LogP contribution >= 0.6 is 0 Å². The second-order valence-electron chi connectivity index (χ2n) is 11.1. The molecule has 0 bridgehead atoms. The Bertz CT molecular complexity index is 1530. The highest BCUT2D eigenvalue weighted by molar-refractivity contribution is 6.08. The van der Waals surface area contributed by atoms with Gasteiger partial charge < -0.3 is 20.3 Å². The molecule has 2 aromatic carbocycles. The van der Waals surface area contributed by atoms with Crippen molar-refractivity contribution in [3.63, 3.8) is 0 Å². The van der Waals surface area contributed by atoms with Gasteiger partial charge in [-0.15, -0.1) is 0 Å². The molecular weight excluding hydrogens is 488 g/mol. The van der Waals surface area contributed by atoms with E-state index in [1.165, 1.54) is 0 Å². The lowest BCUT2D eigenvalue weighted by molar-refractivity contribution is -0.123. The van der Waals surface area contributed by atoms with Crippen molar-refractivity contribution < 1.29 is 9.53 Å². The van der Waals surface area contributed by atoms with Crippen LogP contribution in [0.5, 0.6) is 11.6 Å². The summed E-state index contributed by atoms with van der Waals surface area (Å²) in [6.07, 6.45) is 6.55. The molecule has 2 saturated heterocycles. The second kappa shape index (κ2) is 10.3. The molecule has 0 spiro atoms. The average Bonchev–Trinajstić information content (AvgIpc) is 3.22. The van der Waals surface area contributed by atoms with Gasteiger partial charge >= 0.3 is 0 Å². The van der Waals surface area contributed by atoms with Gasteiger partial charge in [-0.25, -0.2) is 15.0 Å². The van der Waals surface area contributed by atoms with Gasteiger partial charge in [-0.1, -0.05) is 38.1 Å². The maximum absolute atomic E-state index is 13.1. The number of carbonyl (C=O) groups is 1. The number of amides is 1. The van der Waals surface area contributed by atoms with Crippen molar-refractivity contribution in [2.24, 2.45) is 5.41 Å². The minimum Gasteiger partial charge on any atom is -0.437 e. The van der Waals surface area contributed by atoms with E-state index in [2.05, 4.69) is 26.7 Å². The van der Waals surface area contributed by atoms with Crippen molar-refractivity contribution in [1.29, 1.82) is 0 Å². The third-order valence-electron chi connectivity index (χ3n) is 7.79. The predicted molar refractivity (Wildman–Crippen MR) is 154 cm³/mol. The summed E-state index contributed by atoms with van der Waals surface area (Å²) in [6, 6.07) is 16.2. The molecule has 4 aromatic rings. The summed E-state index contributed by atoms with van der Waals surface area (Å²) in [5, 5.41) is 8.80. The zero-order chi connectivity index (χ0) is 27.0. The maximum atomic E-state index is 13.1. The van der Waals surface area contributed by atoms with Crippen LogP contribution in [0.1, 0.15) is 38.7 Å². The van der Waals surface area contributed by atoms with E-state index in [-0.39, 0.29) is 11.3 Å². The SMILES string of the molecule is Cc1ccc2c(N3CCC(C)(C)C3=O)cccc2c1Oc1ncccc1-c1ccnc(N[C@H]2CCCNC2)n1. The number of pyridine rings is 1. The van der Waals surface area contributed by atoms with Gasteiger partial charge in [0, 0.05) is 47.7 Å². The highest BCUT2D eigenvalue weighted by Gasteiger charge is 2.39. The van der Waals surface area contributed by atoms with Crippen LogP contribution in [0.4, 0.5) is 11.6 Å². The predicted octanol–water partition coefficient (Wildman–Crippen LogP) is 5.72. The molecule has 2 fully saturated rings. The Balaban J connectivity index is 1.35. The van der Waals surface area contributed by atoms with E-state index in [1.807, 2.05) is 68.1 Å². The fourth-order valence-electron chi connectivity index (χ4n) is 5.49. The van der Waals surface area contributed by atoms with E-state index in [0.29, 0.717) is 24.4 Å². The molecular formula is C31H34N6O2. The number of carbonyl (C=O) groups excluding carboxylic acids is 1. The van der Waals surface area contributed by atoms with E-state index in [4.69, 9.17) is 9.72 Å². The van der Waals surface area contributed by atoms with Crippen LogP contribution in [-0.4, -0.2) is 46.5 Å². The Kier molecular flexibility index (Phi) is 6.64. The van der Waals surface area contributed by atoms with Gasteiger partial charge in [0.15, 0.2) is 0 Å². The molecule has 0 saturated carbocycles. The first-order valence-electron chi connectivity index (χ1n) is 13.7. The Labute approximate surface area is 228 Å². The van der Waals surface area contributed by atoms with Gasteiger partial charge in [0.05, 0.1) is 16.9 Å². The maximum Gasteiger partial charge on any atom is 0.232 e. The summed E-state index contributed by atoms with van der Waals surface area (Å²) in [4.78, 5) is 28.9. The van der Waals surface area contributed by atoms with Crippen molar-refractivity contribution in [2.45, 2.75) is 46.1 Å². The Hall–Kier alpha value is -4.04. The zero-order valence-corrected chi connectivity index (χ0v) is 22.7. The Morgan fingerprint density at radius 2 is 1.95 bits per heavy atom. The van der Waals surface area contributed by atoms with Crippen molar-refractivity contribution in [3.8, 4) is 22.9 Å². The Morgan fingerprint density at radius 3 is 2.74 bits per heavy atom. The van der Waals surface area contributed by atoms with Gasteiger partial charge in [-0.2, -0.15) is 0 Å². The van der Waals surface area contributed by atoms with E-state index in [1.54, 1.807) is 12.4 Å². The first kappa shape index (κ1) is 25.2. The van der Waals surface area contributed by atoms with Crippen LogP contribution < -0.4 is 20.3 Å². The number of ether oxygens (including phenoxy) is 1. The lowest BCUT2D eigenvalue weighted by Gasteiger charge is -2.23. The number of nitrogens with zero attached hydrogens (tertiary/aromatic N) is 4. The topological polar surface area (TPSA) is 92.3 Å². The summed E-state index contributed by atoms with van der Waals surface area (Å²) in [6.45, 7) is 8.72. The number of piperidine rings is 1. The summed E-state index contributed by atoms with van der Waals surface area (Å²) >= 11 is 0. The van der Waals surface area contributed by atoms with Crippen LogP contribution in [0.3, 0.4) is 0 Å². The van der Waals surface area contributed by atoms with Gasteiger partial charge in [-0.3, -0.25) is 4.79 Å². The zero-order valence-electron chi connectivity index (χ0n) is 22.7. The molecule has 8 nitrogen and oxygen atoms in total. The minimum absolute atomic E-state index is 0.155. The number of aryl methyl sites for hydroxylation is 1. The van der Waals surface area contributed by atoms with Crippen molar-refractivity contribution in [1.82, 2.24) is 20.3 Å². The lowest BCUT2D eigenvalue weighted by Crippen LogP contribution is -2.38. The van der Waals surface area contributed by atoms with Gasteiger partial charge in [0.2, 0.25) is 17.7 Å². The van der Waals surface area contributed by atoms with Gasteiger partial charge in [0.1, 0.15) is 5.75 Å². The highest BCUT2D eigenvalue weighted by Crippen LogP contribution is 2.42. The molecule has 4 heterocycles. The number of benzene rings is 2. The molecule has 1 atom stereocenters. The number of fused-ring (bicyclic) bond motifs is 1. The van der Waals surface area contributed by atoms with E-state index >= 15 is 0 Å². The largest absolute Gasteiger partial charge is 0.437 e. The molecule has 0 unspecified atom stereocenters. The number of nitrogens with one attached hydrogen (secondary N) is 2. The van der Waals surface area contributed by atoms with E-state index < -0.39 is 0 Å². The summed E-state index contributed by atoms with van der Waals surface area (Å²) in [5.74, 6) is 1.95. The van der Waals surface area contributed by atoms with Crippen molar-refractivity contribution in [3.05, 3.63) is 66.5 Å². The number of hydrogen-bond acceptors (Lipinski definition) is 7. The second-order valence-corrected chi connectivity index (χ2v) is 11.1. The van der Waals surface area contributed by atoms with Crippen LogP contribution in [0.25, 0.3) is 22.0 Å². The third-order valence-corrected chi connectivity index (χ3v) is 7.79. The molecule has 200 valence electrons. The van der Waals surface area contributed by atoms with Crippen LogP contribution in [0.2, 0.25) is 0 Å². The average molecular weight is 523 g/mol. The van der Waals surface area contributed by atoms with Crippen LogP contribution in [0, 0.1) is 12.3 Å². The highest BCUT2D eigenvalue weighted by atomic mass is 16.5. The molecule has 2 N–H and O–H groups in total.